The highest BCUT2D eigenvalue weighted by Crippen LogP contribution is 2.26. The maximum atomic E-state index is 11.8. The van der Waals surface area contributed by atoms with Crippen LogP contribution in [0.3, 0.4) is 0 Å². The highest BCUT2D eigenvalue weighted by Gasteiger charge is 2.32. The number of halogens is 3. The first kappa shape index (κ1) is 19.8. The molecule has 1 aromatic carbocycles. The first-order chi connectivity index (χ1) is 10.7. The maximum Gasteiger partial charge on any atom is 0.509 e. The van der Waals surface area contributed by atoms with Crippen LogP contribution in [0.15, 0.2) is 30.3 Å². The second-order valence-corrected chi connectivity index (χ2v) is 7.09. The Labute approximate surface area is 148 Å². The standard InChI is InChI=1S/C14H16Cl3NO5/c1-21-12(19)11(23-13(20)22-8-14(15,16)17)10(18)7-9-5-3-2-4-6-9/h2-6,10-11H,7-8,18H2,1H3/t10-,11+/m0/s1. The van der Waals surface area contributed by atoms with Crippen molar-refractivity contribution in [1.82, 2.24) is 0 Å². The number of nitrogens with two attached hydrogens (primary N) is 1. The van der Waals surface area contributed by atoms with Crippen LogP contribution in [0.4, 0.5) is 4.79 Å². The molecule has 9 heteroatoms. The summed E-state index contributed by atoms with van der Waals surface area (Å²) in [6, 6.07) is 8.32. The van der Waals surface area contributed by atoms with Crippen LogP contribution < -0.4 is 5.73 Å². The molecule has 2 N–H and O–H groups in total. The smallest absolute Gasteiger partial charge is 0.466 e. The molecule has 0 radical (unpaired) electrons. The molecule has 0 aliphatic rings. The van der Waals surface area contributed by atoms with Crippen molar-refractivity contribution in [2.75, 3.05) is 13.7 Å². The number of carbonyl (C=O) groups excluding carboxylic acids is 2. The van der Waals surface area contributed by atoms with E-state index in [9.17, 15) is 9.59 Å². The number of rotatable bonds is 6. The van der Waals surface area contributed by atoms with Crippen LogP contribution in [0.25, 0.3) is 0 Å². The molecule has 0 saturated heterocycles. The summed E-state index contributed by atoms with van der Waals surface area (Å²) < 4.78 is 12.3. The van der Waals surface area contributed by atoms with Gasteiger partial charge in [-0.25, -0.2) is 9.59 Å². The Balaban J connectivity index is 2.68. The molecule has 0 fully saturated rings. The Bertz CT molecular complexity index is 521. The minimum atomic E-state index is -1.79. The lowest BCUT2D eigenvalue weighted by atomic mass is 10.0. The van der Waals surface area contributed by atoms with Gasteiger partial charge in [0.05, 0.1) is 13.2 Å². The minimum Gasteiger partial charge on any atom is -0.466 e. The van der Waals surface area contributed by atoms with E-state index in [1.54, 1.807) is 0 Å². The van der Waals surface area contributed by atoms with Gasteiger partial charge in [-0.3, -0.25) is 0 Å². The SMILES string of the molecule is COC(=O)[C@H](OC(=O)OCC(Cl)(Cl)Cl)[C@@H](N)Cc1ccccc1. The van der Waals surface area contributed by atoms with E-state index < -0.39 is 34.7 Å². The highest BCUT2D eigenvalue weighted by atomic mass is 35.6. The number of ether oxygens (including phenoxy) is 3. The zero-order chi connectivity index (χ0) is 17.5. The van der Waals surface area contributed by atoms with Crippen LogP contribution in [0.1, 0.15) is 5.56 Å². The Morgan fingerprint density at radius 1 is 1.22 bits per heavy atom. The lowest BCUT2D eigenvalue weighted by Gasteiger charge is -2.22. The van der Waals surface area contributed by atoms with Crippen LogP contribution in [0, 0.1) is 0 Å². The van der Waals surface area contributed by atoms with Crippen molar-refractivity contribution in [1.29, 1.82) is 0 Å². The van der Waals surface area contributed by atoms with Crippen LogP contribution in [-0.4, -0.2) is 41.8 Å². The molecule has 0 heterocycles. The van der Waals surface area contributed by atoms with E-state index in [1.807, 2.05) is 30.3 Å². The van der Waals surface area contributed by atoms with Gasteiger partial charge in [0.1, 0.15) is 6.61 Å². The second kappa shape index (κ2) is 9.17. The Morgan fingerprint density at radius 3 is 2.35 bits per heavy atom. The molecule has 0 aliphatic heterocycles. The minimum absolute atomic E-state index is 0.290. The molecular weight excluding hydrogens is 369 g/mol. The average Bonchev–Trinajstić information content (AvgIpc) is 2.50. The third kappa shape index (κ3) is 7.74. The van der Waals surface area contributed by atoms with Gasteiger partial charge >= 0.3 is 12.1 Å². The molecule has 2 atom stereocenters. The first-order valence-corrected chi connectivity index (χ1v) is 7.64. The summed E-state index contributed by atoms with van der Waals surface area (Å²) >= 11 is 16.4. The van der Waals surface area contributed by atoms with Crippen molar-refractivity contribution in [3.8, 4) is 0 Å². The summed E-state index contributed by atoms with van der Waals surface area (Å²) in [6.07, 6.45) is -2.24. The number of hydrogen-bond donors (Lipinski definition) is 1. The number of esters is 1. The third-order valence-corrected chi connectivity index (χ3v) is 3.04. The van der Waals surface area contributed by atoms with Gasteiger partial charge in [0.2, 0.25) is 9.90 Å². The molecule has 0 aromatic heterocycles. The van der Waals surface area contributed by atoms with Gasteiger partial charge in [-0.05, 0) is 12.0 Å². The first-order valence-electron chi connectivity index (χ1n) is 6.50. The van der Waals surface area contributed by atoms with Crippen LogP contribution in [0.5, 0.6) is 0 Å². The maximum absolute atomic E-state index is 11.8. The van der Waals surface area contributed by atoms with Gasteiger partial charge in [0.25, 0.3) is 0 Å². The molecule has 0 spiro atoms. The molecular formula is C14H16Cl3NO5. The highest BCUT2D eigenvalue weighted by molar-refractivity contribution is 6.67. The molecule has 1 rings (SSSR count). The number of benzene rings is 1. The van der Waals surface area contributed by atoms with Gasteiger partial charge in [0, 0.05) is 0 Å². The summed E-state index contributed by atoms with van der Waals surface area (Å²) in [5, 5.41) is 0. The van der Waals surface area contributed by atoms with Crippen molar-refractivity contribution in [3.05, 3.63) is 35.9 Å². The van der Waals surface area contributed by atoms with Gasteiger partial charge in [0.15, 0.2) is 0 Å². The molecule has 0 amide bonds. The predicted molar refractivity (Wildman–Crippen MR) is 86.6 cm³/mol. The largest absolute Gasteiger partial charge is 0.509 e. The molecule has 0 bridgehead atoms. The fourth-order valence-corrected chi connectivity index (χ4v) is 1.86. The molecule has 0 saturated carbocycles. The van der Waals surface area contributed by atoms with E-state index in [-0.39, 0.29) is 0 Å². The van der Waals surface area contributed by atoms with Gasteiger partial charge in [-0.2, -0.15) is 0 Å². The normalized spacial score (nSPS) is 13.8. The summed E-state index contributed by atoms with van der Waals surface area (Å²) in [5.41, 5.74) is 6.81. The summed E-state index contributed by atoms with van der Waals surface area (Å²) in [5.74, 6) is -0.806. The molecule has 6 nitrogen and oxygen atoms in total. The van der Waals surface area contributed by atoms with E-state index in [2.05, 4.69) is 9.47 Å². The topological polar surface area (TPSA) is 87.8 Å². The molecule has 1 aromatic rings. The van der Waals surface area contributed by atoms with Crippen molar-refractivity contribution >= 4 is 46.9 Å². The number of alkyl halides is 3. The fourth-order valence-electron chi connectivity index (χ4n) is 1.70. The van der Waals surface area contributed by atoms with Crippen molar-refractivity contribution in [2.45, 2.75) is 22.4 Å². The molecule has 128 valence electrons. The molecule has 23 heavy (non-hydrogen) atoms. The number of hydrogen-bond acceptors (Lipinski definition) is 6. The van der Waals surface area contributed by atoms with Crippen molar-refractivity contribution in [3.63, 3.8) is 0 Å². The Hall–Kier alpha value is -1.21. The van der Waals surface area contributed by atoms with Gasteiger partial charge in [-0.15, -0.1) is 0 Å². The molecule has 0 aliphatic carbocycles. The summed E-state index contributed by atoms with van der Waals surface area (Å²) in [4.78, 5) is 23.4. The Morgan fingerprint density at radius 2 is 1.83 bits per heavy atom. The van der Waals surface area contributed by atoms with Gasteiger partial charge in [-0.1, -0.05) is 65.1 Å². The second-order valence-electron chi connectivity index (χ2n) is 4.57. The van der Waals surface area contributed by atoms with Crippen LogP contribution in [-0.2, 0) is 25.4 Å². The van der Waals surface area contributed by atoms with Crippen molar-refractivity contribution in [2.24, 2.45) is 5.73 Å². The monoisotopic (exact) mass is 383 g/mol. The number of methoxy groups -OCH3 is 1. The number of carbonyl (C=O) groups is 2. The zero-order valence-corrected chi connectivity index (χ0v) is 14.5. The van der Waals surface area contributed by atoms with Crippen LogP contribution in [0.2, 0.25) is 0 Å². The summed E-state index contributed by atoms with van der Waals surface area (Å²) in [7, 11) is 1.15. The quantitative estimate of drug-likeness (QED) is 0.599. The molecule has 0 unspecified atom stereocenters. The Kier molecular flexibility index (Phi) is 7.91. The van der Waals surface area contributed by atoms with E-state index >= 15 is 0 Å². The lowest BCUT2D eigenvalue weighted by molar-refractivity contribution is -0.153. The lowest BCUT2D eigenvalue weighted by Crippen LogP contribution is -2.46. The van der Waals surface area contributed by atoms with Crippen LogP contribution >= 0.6 is 34.8 Å². The predicted octanol–water partition coefficient (Wildman–Crippen LogP) is 2.62. The third-order valence-electron chi connectivity index (χ3n) is 2.71. The summed E-state index contributed by atoms with van der Waals surface area (Å²) in [6.45, 7) is -0.529. The van der Waals surface area contributed by atoms with E-state index in [0.717, 1.165) is 12.7 Å². The van der Waals surface area contributed by atoms with E-state index in [1.165, 1.54) is 0 Å². The zero-order valence-electron chi connectivity index (χ0n) is 12.2. The average molecular weight is 385 g/mol. The van der Waals surface area contributed by atoms with Crippen molar-refractivity contribution < 1.29 is 23.8 Å². The fraction of sp³-hybridized carbons (Fsp3) is 0.429. The van der Waals surface area contributed by atoms with E-state index in [0.29, 0.717) is 6.42 Å². The van der Waals surface area contributed by atoms with Gasteiger partial charge < -0.3 is 19.9 Å². The van der Waals surface area contributed by atoms with E-state index in [4.69, 9.17) is 45.3 Å².